The fourth-order valence-electron chi connectivity index (χ4n) is 2.01. The number of ketones is 2. The topological polar surface area (TPSA) is 93.1 Å². The van der Waals surface area contributed by atoms with Gasteiger partial charge in [-0.3, -0.25) is 9.59 Å². The highest BCUT2D eigenvalue weighted by Gasteiger charge is 2.65. The van der Waals surface area contributed by atoms with Crippen molar-refractivity contribution in [2.24, 2.45) is 0 Å². The molecule has 0 saturated carbocycles. The van der Waals surface area contributed by atoms with E-state index in [1.807, 2.05) is 0 Å². The molecule has 6 nitrogen and oxygen atoms in total. The minimum atomic E-state index is -2.76. The lowest BCUT2D eigenvalue weighted by atomic mass is 9.80. The Morgan fingerprint density at radius 1 is 0.889 bits per heavy atom. The molecule has 0 saturated heterocycles. The molecule has 0 bridgehead atoms. The lowest BCUT2D eigenvalue weighted by molar-refractivity contribution is -0.318. The second kappa shape index (κ2) is 3.96. The number of methoxy groups -OCH3 is 2. The Balaban J connectivity index is 2.75. The lowest BCUT2D eigenvalue weighted by Gasteiger charge is -2.41. The average molecular weight is 252 g/mol. The van der Waals surface area contributed by atoms with Gasteiger partial charge in [0.25, 0.3) is 11.6 Å². The number of carbonyl (C=O) groups is 2. The zero-order chi connectivity index (χ0) is 13.6. The average Bonchev–Trinajstić information content (AvgIpc) is 2.42. The molecule has 0 unspecified atom stereocenters. The van der Waals surface area contributed by atoms with Gasteiger partial charge in [0.2, 0.25) is 11.6 Å². The molecule has 18 heavy (non-hydrogen) atoms. The van der Waals surface area contributed by atoms with Crippen LogP contribution >= 0.6 is 0 Å². The van der Waals surface area contributed by atoms with Gasteiger partial charge in [-0.05, 0) is 0 Å². The van der Waals surface area contributed by atoms with Crippen molar-refractivity contribution >= 4 is 11.6 Å². The molecule has 0 heterocycles. The molecule has 1 aromatic carbocycles. The summed E-state index contributed by atoms with van der Waals surface area (Å²) in [5, 5.41) is 20.2. The molecular formula is C12H12O6. The van der Waals surface area contributed by atoms with E-state index in [1.54, 1.807) is 0 Å². The van der Waals surface area contributed by atoms with Gasteiger partial charge in [0.15, 0.2) is 0 Å². The van der Waals surface area contributed by atoms with Crippen LogP contribution in [0, 0.1) is 0 Å². The van der Waals surface area contributed by atoms with Gasteiger partial charge in [0, 0.05) is 25.3 Å². The minimum absolute atomic E-state index is 0.0198. The van der Waals surface area contributed by atoms with Crippen LogP contribution in [0.1, 0.15) is 20.7 Å². The highest BCUT2D eigenvalue weighted by atomic mass is 16.7. The number of fused-ring (bicyclic) bond motifs is 1. The Hall–Kier alpha value is -1.60. The maximum Gasteiger partial charge on any atom is 0.295 e. The molecular weight excluding hydrogens is 240 g/mol. The molecule has 2 atom stereocenters. The summed E-state index contributed by atoms with van der Waals surface area (Å²) in [7, 11) is 2.01. The number of Topliss-reactive ketones (excluding diaryl/α,β-unsaturated/α-hetero) is 2. The van der Waals surface area contributed by atoms with Crippen molar-refractivity contribution in [2.75, 3.05) is 14.2 Å². The van der Waals surface area contributed by atoms with Gasteiger partial charge in [-0.15, -0.1) is 0 Å². The second-order valence-electron chi connectivity index (χ2n) is 3.90. The summed E-state index contributed by atoms with van der Waals surface area (Å²) in [6.45, 7) is 0. The third-order valence-electron chi connectivity index (χ3n) is 3.08. The SMILES string of the molecule is CO[C@]1(O)C(=O)c2ccccc2C(=O)[C@@]1(O)OC. The fraction of sp³-hybridized carbons (Fsp3) is 0.333. The maximum absolute atomic E-state index is 12.1. The summed E-state index contributed by atoms with van der Waals surface area (Å²) in [4.78, 5) is 24.2. The van der Waals surface area contributed by atoms with Crippen molar-refractivity contribution < 1.29 is 29.3 Å². The monoisotopic (exact) mass is 252 g/mol. The van der Waals surface area contributed by atoms with Crippen molar-refractivity contribution in [3.05, 3.63) is 35.4 Å². The predicted octanol–water partition coefficient (Wildman–Crippen LogP) is -0.264. The zero-order valence-electron chi connectivity index (χ0n) is 9.84. The van der Waals surface area contributed by atoms with Crippen LogP contribution in [0.3, 0.4) is 0 Å². The molecule has 0 amide bonds. The van der Waals surface area contributed by atoms with Crippen LogP contribution in [0.15, 0.2) is 24.3 Å². The summed E-state index contributed by atoms with van der Waals surface area (Å²) in [6.07, 6.45) is 0. The minimum Gasteiger partial charge on any atom is -0.355 e. The van der Waals surface area contributed by atoms with Crippen molar-refractivity contribution in [3.8, 4) is 0 Å². The Morgan fingerprint density at radius 2 is 1.22 bits per heavy atom. The van der Waals surface area contributed by atoms with Gasteiger partial charge in [-0.25, -0.2) is 0 Å². The van der Waals surface area contributed by atoms with E-state index in [0.29, 0.717) is 0 Å². The molecule has 96 valence electrons. The molecule has 0 radical (unpaired) electrons. The second-order valence-corrected chi connectivity index (χ2v) is 3.90. The number of carbonyl (C=O) groups excluding carboxylic acids is 2. The number of aliphatic hydroxyl groups is 2. The first-order valence-electron chi connectivity index (χ1n) is 5.16. The van der Waals surface area contributed by atoms with E-state index in [0.717, 1.165) is 14.2 Å². The molecule has 0 spiro atoms. The smallest absolute Gasteiger partial charge is 0.295 e. The maximum atomic E-state index is 12.1. The summed E-state index contributed by atoms with van der Waals surface area (Å²) in [5.41, 5.74) is -0.0397. The summed E-state index contributed by atoms with van der Waals surface area (Å²) in [5.74, 6) is -7.37. The molecule has 1 aliphatic rings. The van der Waals surface area contributed by atoms with Crippen LogP contribution < -0.4 is 0 Å². The van der Waals surface area contributed by atoms with Crippen LogP contribution in [-0.2, 0) is 9.47 Å². The third-order valence-corrected chi connectivity index (χ3v) is 3.08. The molecule has 1 aromatic rings. The normalized spacial score (nSPS) is 31.3. The first-order valence-corrected chi connectivity index (χ1v) is 5.16. The number of hydrogen-bond donors (Lipinski definition) is 2. The Bertz CT molecular complexity index is 478. The number of benzene rings is 1. The highest BCUT2D eigenvalue weighted by Crippen LogP contribution is 2.37. The zero-order valence-corrected chi connectivity index (χ0v) is 9.84. The highest BCUT2D eigenvalue weighted by molar-refractivity contribution is 6.20. The van der Waals surface area contributed by atoms with Crippen LogP contribution in [0.5, 0.6) is 0 Å². The molecule has 0 aliphatic heterocycles. The Labute approximate surface area is 103 Å². The van der Waals surface area contributed by atoms with Gasteiger partial charge in [0.05, 0.1) is 0 Å². The van der Waals surface area contributed by atoms with Crippen LogP contribution in [0.4, 0.5) is 0 Å². The first kappa shape index (κ1) is 12.8. The lowest BCUT2D eigenvalue weighted by Crippen LogP contribution is -2.68. The van der Waals surface area contributed by atoms with E-state index in [-0.39, 0.29) is 11.1 Å². The number of rotatable bonds is 2. The van der Waals surface area contributed by atoms with E-state index in [1.165, 1.54) is 24.3 Å². The summed E-state index contributed by atoms with van der Waals surface area (Å²) < 4.78 is 9.27. The number of hydrogen-bond acceptors (Lipinski definition) is 6. The van der Waals surface area contributed by atoms with Crippen molar-refractivity contribution in [3.63, 3.8) is 0 Å². The van der Waals surface area contributed by atoms with Gasteiger partial charge in [0.1, 0.15) is 0 Å². The first-order chi connectivity index (χ1) is 8.42. The standard InChI is InChI=1S/C12H12O6/c1-17-11(15)9(13)7-5-3-4-6-8(7)10(14)12(11,16)18-2/h3-6,15-16H,1-2H3/t11-,12-/m1/s1. The van der Waals surface area contributed by atoms with Crippen molar-refractivity contribution in [2.45, 2.75) is 11.6 Å². The van der Waals surface area contributed by atoms with E-state index in [2.05, 4.69) is 9.47 Å². The third kappa shape index (κ3) is 1.31. The van der Waals surface area contributed by atoms with Crippen LogP contribution in [-0.4, -0.2) is 47.6 Å². The molecule has 2 rings (SSSR count). The Kier molecular flexibility index (Phi) is 2.83. The molecule has 0 fully saturated rings. The van der Waals surface area contributed by atoms with Crippen molar-refractivity contribution in [1.82, 2.24) is 0 Å². The van der Waals surface area contributed by atoms with Gasteiger partial charge >= 0.3 is 0 Å². The largest absolute Gasteiger partial charge is 0.355 e. The van der Waals surface area contributed by atoms with Gasteiger partial charge in [-0.1, -0.05) is 24.3 Å². The van der Waals surface area contributed by atoms with Crippen LogP contribution in [0.2, 0.25) is 0 Å². The van der Waals surface area contributed by atoms with E-state index in [9.17, 15) is 19.8 Å². The van der Waals surface area contributed by atoms with Gasteiger partial charge < -0.3 is 19.7 Å². The molecule has 0 aromatic heterocycles. The Morgan fingerprint density at radius 3 is 1.50 bits per heavy atom. The predicted molar refractivity (Wildman–Crippen MR) is 59.0 cm³/mol. The molecule has 6 heteroatoms. The van der Waals surface area contributed by atoms with E-state index < -0.39 is 23.1 Å². The molecule has 2 N–H and O–H groups in total. The summed E-state index contributed by atoms with van der Waals surface area (Å²) in [6, 6.07) is 5.82. The van der Waals surface area contributed by atoms with Gasteiger partial charge in [-0.2, -0.15) is 0 Å². The van der Waals surface area contributed by atoms with E-state index in [4.69, 9.17) is 0 Å². The van der Waals surface area contributed by atoms with Crippen LogP contribution in [0.25, 0.3) is 0 Å². The van der Waals surface area contributed by atoms with E-state index >= 15 is 0 Å². The summed E-state index contributed by atoms with van der Waals surface area (Å²) >= 11 is 0. The van der Waals surface area contributed by atoms with Crippen molar-refractivity contribution in [1.29, 1.82) is 0 Å². The fourth-order valence-corrected chi connectivity index (χ4v) is 2.01. The number of ether oxygens (including phenoxy) is 2. The molecule has 1 aliphatic carbocycles. The quantitative estimate of drug-likeness (QED) is 0.704.